The van der Waals surface area contributed by atoms with Crippen molar-refractivity contribution < 1.29 is 9.47 Å². The van der Waals surface area contributed by atoms with Crippen LogP contribution >= 0.6 is 11.8 Å². The van der Waals surface area contributed by atoms with Crippen molar-refractivity contribution in [3.63, 3.8) is 0 Å². The summed E-state index contributed by atoms with van der Waals surface area (Å²) in [4.78, 5) is 4.67. The van der Waals surface area contributed by atoms with Gasteiger partial charge in [0.15, 0.2) is 5.65 Å². The van der Waals surface area contributed by atoms with Gasteiger partial charge in [-0.1, -0.05) is 13.3 Å². The van der Waals surface area contributed by atoms with Crippen LogP contribution < -0.4 is 4.74 Å². The predicted octanol–water partition coefficient (Wildman–Crippen LogP) is 4.70. The molecule has 2 heterocycles. The van der Waals surface area contributed by atoms with Gasteiger partial charge in [0.05, 0.1) is 18.5 Å². The van der Waals surface area contributed by atoms with E-state index in [-0.39, 0.29) is 0 Å². The molecule has 0 saturated carbocycles. The van der Waals surface area contributed by atoms with Crippen LogP contribution in [0.5, 0.6) is 5.75 Å². The quantitative estimate of drug-likeness (QED) is 0.382. The summed E-state index contributed by atoms with van der Waals surface area (Å²) in [5.74, 6) is 1.94. The molecule has 3 aromatic rings. The van der Waals surface area contributed by atoms with Crippen LogP contribution in [-0.4, -0.2) is 40.2 Å². The number of ether oxygens (including phenoxy) is 2. The third-order valence-corrected chi connectivity index (χ3v) is 4.90. The largest absolute Gasteiger partial charge is 0.491 e. The second-order valence-electron chi connectivity index (χ2n) is 5.87. The molecular formula is C20H25N3O2S. The Balaban J connectivity index is 1.67. The van der Waals surface area contributed by atoms with Gasteiger partial charge in [0, 0.05) is 12.2 Å². The standard InChI is InChI=1S/C20H25N3O2S/c1-3-5-14-26-20-11-10-19-21-18(15-23(19)22-20)16-6-8-17(9-7-16)25-13-12-24-4-2/h6-11,15H,3-5,12-14H2,1-2H3. The Hall–Kier alpha value is -2.05. The molecule has 3 rings (SSSR count). The first kappa shape index (κ1) is 18.7. The molecule has 5 nitrogen and oxygen atoms in total. The van der Waals surface area contributed by atoms with E-state index in [1.807, 2.05) is 54.0 Å². The van der Waals surface area contributed by atoms with Crippen LogP contribution in [0.4, 0.5) is 0 Å². The molecule has 138 valence electrons. The molecule has 0 saturated heterocycles. The van der Waals surface area contributed by atoms with Crippen molar-refractivity contribution >= 4 is 17.4 Å². The Kier molecular flexibility index (Phi) is 6.91. The smallest absolute Gasteiger partial charge is 0.154 e. The van der Waals surface area contributed by atoms with Crippen LogP contribution in [0.25, 0.3) is 16.9 Å². The maximum Gasteiger partial charge on any atom is 0.154 e. The molecule has 0 N–H and O–H groups in total. The molecule has 0 fully saturated rings. The van der Waals surface area contributed by atoms with Gasteiger partial charge in [0.2, 0.25) is 0 Å². The number of thioether (sulfide) groups is 1. The maximum absolute atomic E-state index is 5.65. The molecule has 0 bridgehead atoms. The second-order valence-corrected chi connectivity index (χ2v) is 6.99. The molecular weight excluding hydrogens is 346 g/mol. The SMILES string of the molecule is CCCCSc1ccc2nc(-c3ccc(OCCOCC)cc3)cn2n1. The molecule has 2 aromatic heterocycles. The first-order valence-corrected chi connectivity index (χ1v) is 10.1. The lowest BCUT2D eigenvalue weighted by Crippen LogP contribution is -2.06. The van der Waals surface area contributed by atoms with Crippen LogP contribution in [0.3, 0.4) is 0 Å². The monoisotopic (exact) mass is 371 g/mol. The van der Waals surface area contributed by atoms with Crippen molar-refractivity contribution in [2.75, 3.05) is 25.6 Å². The van der Waals surface area contributed by atoms with Gasteiger partial charge in [0.25, 0.3) is 0 Å². The average molecular weight is 372 g/mol. The number of rotatable bonds is 10. The van der Waals surface area contributed by atoms with Gasteiger partial charge in [-0.2, -0.15) is 5.10 Å². The maximum atomic E-state index is 5.65. The highest BCUT2D eigenvalue weighted by molar-refractivity contribution is 7.99. The first-order valence-electron chi connectivity index (χ1n) is 9.10. The first-order chi connectivity index (χ1) is 12.8. The Morgan fingerprint density at radius 2 is 1.88 bits per heavy atom. The number of benzene rings is 1. The number of nitrogens with zero attached hydrogens (tertiary/aromatic N) is 3. The normalized spacial score (nSPS) is 11.2. The molecule has 0 spiro atoms. The fraction of sp³-hybridized carbons (Fsp3) is 0.400. The zero-order valence-corrected chi connectivity index (χ0v) is 16.2. The lowest BCUT2D eigenvalue weighted by molar-refractivity contribution is 0.110. The zero-order chi connectivity index (χ0) is 18.2. The summed E-state index contributed by atoms with van der Waals surface area (Å²) in [6.07, 6.45) is 4.39. The van der Waals surface area contributed by atoms with E-state index in [0.29, 0.717) is 19.8 Å². The Bertz CT molecular complexity index is 818. The number of fused-ring (bicyclic) bond motifs is 1. The van der Waals surface area contributed by atoms with E-state index in [0.717, 1.165) is 33.4 Å². The number of hydrogen-bond acceptors (Lipinski definition) is 5. The Morgan fingerprint density at radius 1 is 1.04 bits per heavy atom. The van der Waals surface area contributed by atoms with E-state index in [1.165, 1.54) is 12.8 Å². The summed E-state index contributed by atoms with van der Waals surface area (Å²) < 4.78 is 12.8. The Labute approximate surface area is 158 Å². The van der Waals surface area contributed by atoms with E-state index in [1.54, 1.807) is 11.8 Å². The zero-order valence-electron chi connectivity index (χ0n) is 15.4. The third-order valence-electron chi connectivity index (χ3n) is 3.89. The highest BCUT2D eigenvalue weighted by Crippen LogP contribution is 2.23. The summed E-state index contributed by atoms with van der Waals surface area (Å²) in [7, 11) is 0. The van der Waals surface area contributed by atoms with Gasteiger partial charge >= 0.3 is 0 Å². The molecule has 0 aliphatic heterocycles. The van der Waals surface area contributed by atoms with E-state index in [4.69, 9.17) is 9.47 Å². The van der Waals surface area contributed by atoms with Crippen LogP contribution in [0.1, 0.15) is 26.7 Å². The number of aromatic nitrogens is 3. The van der Waals surface area contributed by atoms with Crippen LogP contribution in [0, 0.1) is 0 Å². The average Bonchev–Trinajstić information content (AvgIpc) is 3.09. The van der Waals surface area contributed by atoms with Crippen molar-refractivity contribution in [1.29, 1.82) is 0 Å². The van der Waals surface area contributed by atoms with E-state index >= 15 is 0 Å². The molecule has 1 aromatic carbocycles. The Morgan fingerprint density at radius 3 is 2.65 bits per heavy atom. The molecule has 0 amide bonds. The lowest BCUT2D eigenvalue weighted by atomic mass is 10.2. The molecule has 0 unspecified atom stereocenters. The van der Waals surface area contributed by atoms with Gasteiger partial charge in [-0.25, -0.2) is 9.50 Å². The van der Waals surface area contributed by atoms with Crippen LogP contribution in [0.2, 0.25) is 0 Å². The molecule has 0 atom stereocenters. The fourth-order valence-corrected chi connectivity index (χ4v) is 3.44. The van der Waals surface area contributed by atoms with Crippen LogP contribution in [-0.2, 0) is 4.74 Å². The second kappa shape index (κ2) is 9.59. The lowest BCUT2D eigenvalue weighted by Gasteiger charge is -2.06. The van der Waals surface area contributed by atoms with E-state index in [9.17, 15) is 0 Å². The van der Waals surface area contributed by atoms with Crippen molar-refractivity contribution in [1.82, 2.24) is 14.6 Å². The molecule has 26 heavy (non-hydrogen) atoms. The fourth-order valence-electron chi connectivity index (χ4n) is 2.49. The number of hydrogen-bond donors (Lipinski definition) is 0. The van der Waals surface area contributed by atoms with E-state index < -0.39 is 0 Å². The van der Waals surface area contributed by atoms with Gasteiger partial charge in [-0.3, -0.25) is 0 Å². The summed E-state index contributed by atoms with van der Waals surface area (Å²) in [5, 5.41) is 5.68. The van der Waals surface area contributed by atoms with Crippen molar-refractivity contribution in [3.05, 3.63) is 42.6 Å². The van der Waals surface area contributed by atoms with Gasteiger partial charge < -0.3 is 9.47 Å². The number of imidazole rings is 1. The number of unbranched alkanes of at least 4 members (excludes halogenated alkanes) is 1. The van der Waals surface area contributed by atoms with E-state index in [2.05, 4.69) is 17.0 Å². The van der Waals surface area contributed by atoms with Gasteiger partial charge in [-0.15, -0.1) is 11.8 Å². The minimum atomic E-state index is 0.559. The van der Waals surface area contributed by atoms with Gasteiger partial charge in [-0.05, 0) is 55.5 Å². The minimum Gasteiger partial charge on any atom is -0.491 e. The third kappa shape index (κ3) is 4.99. The van der Waals surface area contributed by atoms with Crippen molar-refractivity contribution in [2.24, 2.45) is 0 Å². The molecule has 0 radical (unpaired) electrons. The molecule has 0 aliphatic rings. The minimum absolute atomic E-state index is 0.559. The molecule has 0 aliphatic carbocycles. The predicted molar refractivity (Wildman–Crippen MR) is 106 cm³/mol. The van der Waals surface area contributed by atoms with Crippen molar-refractivity contribution in [2.45, 2.75) is 31.7 Å². The van der Waals surface area contributed by atoms with Gasteiger partial charge in [0.1, 0.15) is 17.4 Å². The topological polar surface area (TPSA) is 48.7 Å². The highest BCUT2D eigenvalue weighted by atomic mass is 32.2. The summed E-state index contributed by atoms with van der Waals surface area (Å²) in [6, 6.07) is 12.0. The summed E-state index contributed by atoms with van der Waals surface area (Å²) in [5.41, 5.74) is 2.82. The summed E-state index contributed by atoms with van der Waals surface area (Å²) in [6.45, 7) is 6.06. The molecule has 6 heteroatoms. The van der Waals surface area contributed by atoms with Crippen molar-refractivity contribution in [3.8, 4) is 17.0 Å². The summed E-state index contributed by atoms with van der Waals surface area (Å²) >= 11 is 1.79. The highest BCUT2D eigenvalue weighted by Gasteiger charge is 2.07. The van der Waals surface area contributed by atoms with Crippen LogP contribution in [0.15, 0.2) is 47.6 Å².